The second-order valence-electron chi connectivity index (χ2n) is 8.42. The Hall–Kier alpha value is -2.64. The number of rotatable bonds is 5. The highest BCUT2D eigenvalue weighted by Crippen LogP contribution is 2.36. The van der Waals surface area contributed by atoms with Crippen LogP contribution in [0.4, 0.5) is 10.5 Å². The molecule has 1 fully saturated rings. The first-order chi connectivity index (χ1) is 15.4. The zero-order valence-corrected chi connectivity index (χ0v) is 20.0. The Morgan fingerprint density at radius 1 is 1.03 bits per heavy atom. The number of nitrogens with one attached hydrogen (secondary N) is 3. The Morgan fingerprint density at radius 3 is 2.30 bits per heavy atom. The minimum atomic E-state index is -0.266. The molecule has 3 aromatic rings. The van der Waals surface area contributed by atoms with Crippen molar-refractivity contribution in [3.05, 3.63) is 82.6 Å². The number of urea groups is 1. The number of amides is 2. The van der Waals surface area contributed by atoms with Crippen LogP contribution in [0.25, 0.3) is 11.1 Å². The van der Waals surface area contributed by atoms with Crippen LogP contribution in [0.2, 0.25) is 10.0 Å². The van der Waals surface area contributed by atoms with Crippen LogP contribution in [0.5, 0.6) is 0 Å². The summed E-state index contributed by atoms with van der Waals surface area (Å²) in [4.78, 5) is 18.1. The zero-order chi connectivity index (χ0) is 22.6. The number of H-pyrrole nitrogens is 1. The third-order valence-electron chi connectivity index (χ3n) is 6.19. The van der Waals surface area contributed by atoms with Gasteiger partial charge in [-0.25, -0.2) is 9.78 Å². The summed E-state index contributed by atoms with van der Waals surface area (Å²) in [6.45, 7) is 2.53. The van der Waals surface area contributed by atoms with E-state index in [0.29, 0.717) is 22.3 Å². The van der Waals surface area contributed by atoms with Crippen molar-refractivity contribution in [2.24, 2.45) is 0 Å². The average Bonchev–Trinajstić information content (AvgIpc) is 2.79. The molecule has 0 bridgehead atoms. The summed E-state index contributed by atoms with van der Waals surface area (Å²) in [5.41, 5.74) is 4.02. The lowest BCUT2D eigenvalue weighted by Gasteiger charge is -2.41. The Kier molecular flexibility index (Phi) is 8.32. The number of benzene rings is 2. The number of hydrogen-bond donors (Lipinski definition) is 2. The molecule has 2 amide bonds. The number of carbonyl (C=O) groups excluding carboxylic acids is 1. The Morgan fingerprint density at radius 2 is 1.70 bits per heavy atom. The van der Waals surface area contributed by atoms with E-state index < -0.39 is 0 Å². The predicted octanol–water partition coefficient (Wildman–Crippen LogP) is 5.08. The maximum absolute atomic E-state index is 12.6. The second kappa shape index (κ2) is 11.0. The molecule has 4 N–H and O–H groups in total. The van der Waals surface area contributed by atoms with Crippen LogP contribution in [-0.2, 0) is 5.41 Å². The molecular formula is C25H28Cl2N4O2. The number of pyridine rings is 1. The number of piperidine rings is 1. The summed E-state index contributed by atoms with van der Waals surface area (Å²) >= 11 is 12.1. The van der Waals surface area contributed by atoms with E-state index in [1.165, 1.54) is 5.56 Å². The molecule has 33 heavy (non-hydrogen) atoms. The van der Waals surface area contributed by atoms with Crippen molar-refractivity contribution < 1.29 is 15.3 Å². The summed E-state index contributed by atoms with van der Waals surface area (Å²) in [7, 11) is 2.14. The van der Waals surface area contributed by atoms with Gasteiger partial charge in [0.1, 0.15) is 0 Å². The fourth-order valence-electron chi connectivity index (χ4n) is 4.25. The van der Waals surface area contributed by atoms with E-state index in [1.54, 1.807) is 18.2 Å². The number of hydrogen-bond acceptors (Lipinski definition) is 3. The molecule has 0 saturated carbocycles. The third kappa shape index (κ3) is 6.24. The van der Waals surface area contributed by atoms with Crippen LogP contribution in [-0.4, -0.2) is 43.1 Å². The highest BCUT2D eigenvalue weighted by atomic mass is 35.5. The van der Waals surface area contributed by atoms with Gasteiger partial charge in [0.25, 0.3) is 0 Å². The lowest BCUT2D eigenvalue weighted by molar-refractivity contribution is -0.377. The summed E-state index contributed by atoms with van der Waals surface area (Å²) < 4.78 is 0. The molecule has 0 atom stereocenters. The van der Waals surface area contributed by atoms with Gasteiger partial charge in [-0.05, 0) is 68.4 Å². The van der Waals surface area contributed by atoms with Gasteiger partial charge >= 0.3 is 6.03 Å². The van der Waals surface area contributed by atoms with Gasteiger partial charge in [0.05, 0.1) is 0 Å². The molecular weight excluding hydrogens is 459 g/mol. The number of nitrogens with zero attached hydrogens (tertiary/aromatic N) is 1. The maximum atomic E-state index is 12.6. The smallest absolute Gasteiger partial charge is 0.319 e. The van der Waals surface area contributed by atoms with Crippen molar-refractivity contribution in [2.45, 2.75) is 18.3 Å². The second-order valence-corrected chi connectivity index (χ2v) is 9.29. The van der Waals surface area contributed by atoms with Crippen molar-refractivity contribution in [1.82, 2.24) is 10.2 Å². The van der Waals surface area contributed by atoms with Crippen molar-refractivity contribution >= 4 is 34.9 Å². The summed E-state index contributed by atoms with van der Waals surface area (Å²) in [5, 5.41) is 6.88. The van der Waals surface area contributed by atoms with Gasteiger partial charge in [0, 0.05) is 39.3 Å². The van der Waals surface area contributed by atoms with Crippen molar-refractivity contribution in [2.75, 3.05) is 32.0 Å². The Labute approximate surface area is 204 Å². The summed E-state index contributed by atoms with van der Waals surface area (Å²) in [6.07, 6.45) is 5.85. The topological polar surface area (TPSA) is 88.5 Å². The number of halogens is 2. The van der Waals surface area contributed by atoms with Gasteiger partial charge in [-0.2, -0.15) is 0 Å². The van der Waals surface area contributed by atoms with Crippen LogP contribution in [0.1, 0.15) is 18.4 Å². The minimum absolute atomic E-state index is 0. The molecule has 1 saturated heterocycles. The molecule has 2 aromatic carbocycles. The van der Waals surface area contributed by atoms with Crippen molar-refractivity contribution in [3.63, 3.8) is 0 Å². The molecule has 0 aliphatic carbocycles. The van der Waals surface area contributed by atoms with E-state index in [0.717, 1.165) is 37.1 Å². The first kappa shape index (κ1) is 25.0. The first-order valence-corrected chi connectivity index (χ1v) is 11.5. The first-order valence-electron chi connectivity index (χ1n) is 10.7. The third-order valence-corrected chi connectivity index (χ3v) is 6.63. The predicted molar refractivity (Wildman–Crippen MR) is 132 cm³/mol. The van der Waals surface area contributed by atoms with Crippen molar-refractivity contribution in [1.29, 1.82) is 0 Å². The standard InChI is InChI=1S/C25H26Cl2N4O.H2O/c1-31-11-8-25(9-12-31,17-29-24(32)30-23-14-21(26)13-22(27)15-23)20-6-4-18(5-7-20)19-3-2-10-28-16-19;/h2-7,10,13-16H,8-9,11-12,17H2,1H3,(H2,29,30,32);1H2. The number of carbonyl (C=O) groups is 1. The van der Waals surface area contributed by atoms with E-state index in [9.17, 15) is 4.79 Å². The monoisotopic (exact) mass is 486 g/mol. The van der Waals surface area contributed by atoms with Crippen LogP contribution in [0.15, 0.2) is 67.0 Å². The summed E-state index contributed by atoms with van der Waals surface area (Å²) in [6, 6.07) is 17.5. The Bertz CT molecular complexity index is 1050. The molecule has 0 radical (unpaired) electrons. The number of likely N-dealkylation sites (tertiary alicyclic amines) is 1. The van der Waals surface area contributed by atoms with Crippen LogP contribution < -0.4 is 15.6 Å². The number of anilines is 1. The number of aromatic nitrogens is 1. The highest BCUT2D eigenvalue weighted by molar-refractivity contribution is 6.35. The molecule has 0 unspecified atom stereocenters. The van der Waals surface area contributed by atoms with E-state index in [1.807, 2.05) is 18.5 Å². The van der Waals surface area contributed by atoms with E-state index in [-0.39, 0.29) is 16.9 Å². The van der Waals surface area contributed by atoms with Gasteiger partial charge in [-0.1, -0.05) is 47.5 Å². The van der Waals surface area contributed by atoms with Gasteiger partial charge < -0.3 is 21.0 Å². The number of aromatic amines is 1. The zero-order valence-electron chi connectivity index (χ0n) is 18.4. The summed E-state index contributed by atoms with van der Waals surface area (Å²) in [5.74, 6) is 0. The average molecular weight is 487 g/mol. The molecule has 174 valence electrons. The van der Waals surface area contributed by atoms with Gasteiger partial charge in [-0.15, -0.1) is 0 Å². The molecule has 0 spiro atoms. The molecule has 2 heterocycles. The normalized spacial score (nSPS) is 15.4. The fourth-order valence-corrected chi connectivity index (χ4v) is 4.78. The SMILES string of the molecule is CN1CCC(CNC(=O)Nc2cc(Cl)cc(Cl)c2)(c2ccc(-c3ccc[nH+]c3)cc2)CC1.[OH-]. The van der Waals surface area contributed by atoms with Gasteiger partial charge in [0.15, 0.2) is 12.4 Å². The minimum Gasteiger partial charge on any atom is -0.870 e. The van der Waals surface area contributed by atoms with E-state index >= 15 is 0 Å². The Balaban J connectivity index is 0.00000306. The fraction of sp³-hybridized carbons (Fsp3) is 0.280. The van der Waals surface area contributed by atoms with Gasteiger partial charge in [-0.3, -0.25) is 0 Å². The van der Waals surface area contributed by atoms with Crippen LogP contribution in [0.3, 0.4) is 0 Å². The van der Waals surface area contributed by atoms with E-state index in [4.69, 9.17) is 23.2 Å². The molecule has 4 rings (SSSR count). The maximum Gasteiger partial charge on any atom is 0.319 e. The molecule has 6 nitrogen and oxygen atoms in total. The van der Waals surface area contributed by atoms with Crippen molar-refractivity contribution in [3.8, 4) is 11.1 Å². The molecule has 1 aliphatic heterocycles. The van der Waals surface area contributed by atoms with Gasteiger partial charge in [0.2, 0.25) is 0 Å². The highest BCUT2D eigenvalue weighted by Gasteiger charge is 2.35. The lowest BCUT2D eigenvalue weighted by atomic mass is 9.72. The van der Waals surface area contributed by atoms with E-state index in [2.05, 4.69) is 57.9 Å². The molecule has 8 heteroatoms. The molecule has 1 aromatic heterocycles. The van der Waals surface area contributed by atoms with Crippen LogP contribution >= 0.6 is 23.2 Å². The van der Waals surface area contributed by atoms with Crippen LogP contribution in [0, 0.1) is 0 Å². The molecule has 1 aliphatic rings. The quantitative estimate of drug-likeness (QED) is 0.526. The lowest BCUT2D eigenvalue weighted by Crippen LogP contribution is -2.48. The largest absolute Gasteiger partial charge is 0.870 e.